The summed E-state index contributed by atoms with van der Waals surface area (Å²) in [5, 5.41) is 9.51. The van der Waals surface area contributed by atoms with Crippen LogP contribution >= 0.6 is 12.4 Å². The number of hydrogen-bond donors (Lipinski definition) is 3. The maximum atomic E-state index is 13.6. The van der Waals surface area contributed by atoms with Crippen LogP contribution in [0.2, 0.25) is 0 Å². The van der Waals surface area contributed by atoms with Crippen LogP contribution in [-0.2, 0) is 10.0 Å². The summed E-state index contributed by atoms with van der Waals surface area (Å²) in [6.45, 7) is 2.73. The first kappa shape index (κ1) is 28.7. The number of benzene rings is 2. The van der Waals surface area contributed by atoms with Crippen molar-refractivity contribution in [2.45, 2.75) is 23.8 Å². The quantitative estimate of drug-likeness (QED) is 0.351. The molecule has 0 radical (unpaired) electrons. The highest BCUT2D eigenvalue weighted by Gasteiger charge is 2.32. The predicted octanol–water partition coefficient (Wildman–Crippen LogP) is 3.83. The Balaban J connectivity index is 0.00000380. The molecule has 1 fully saturated rings. The molecular weight excluding hydrogens is 517 g/mol. The van der Waals surface area contributed by atoms with E-state index in [2.05, 4.69) is 25.9 Å². The van der Waals surface area contributed by atoms with Crippen molar-refractivity contribution >= 4 is 45.6 Å². The second-order valence-electron chi connectivity index (χ2n) is 8.95. The molecule has 0 unspecified atom stereocenters. The van der Waals surface area contributed by atoms with Crippen LogP contribution in [0, 0.1) is 5.82 Å². The number of sulfonamides is 1. The first-order chi connectivity index (χ1) is 17.3. The van der Waals surface area contributed by atoms with Crippen LogP contribution in [-0.4, -0.2) is 73.9 Å². The lowest BCUT2D eigenvalue weighted by Gasteiger charge is -2.34. The molecule has 1 aliphatic heterocycles. The number of nitrogens with zero attached hydrogens (tertiary/aromatic N) is 4. The molecule has 3 N–H and O–H groups in total. The molecule has 1 aromatic heterocycles. The van der Waals surface area contributed by atoms with Gasteiger partial charge in [-0.1, -0.05) is 0 Å². The lowest BCUT2D eigenvalue weighted by atomic mass is 10.1. The van der Waals surface area contributed by atoms with Gasteiger partial charge < -0.3 is 20.9 Å². The van der Waals surface area contributed by atoms with Gasteiger partial charge in [-0.05, 0) is 94.6 Å². The molecule has 2 heterocycles. The summed E-state index contributed by atoms with van der Waals surface area (Å²) >= 11 is 0. The average molecular weight is 550 g/mol. The molecule has 0 atom stereocenters. The molecule has 1 saturated heterocycles. The van der Waals surface area contributed by atoms with E-state index in [1.807, 2.05) is 19.0 Å². The molecule has 0 saturated carbocycles. The molecule has 0 aliphatic carbocycles. The Labute approximate surface area is 224 Å². The van der Waals surface area contributed by atoms with Crippen molar-refractivity contribution in [2.24, 2.45) is 0 Å². The van der Waals surface area contributed by atoms with Gasteiger partial charge in [0.15, 0.2) is 0 Å². The van der Waals surface area contributed by atoms with Gasteiger partial charge in [0.05, 0.1) is 4.90 Å². The summed E-state index contributed by atoms with van der Waals surface area (Å²) < 4.78 is 41.9. The second kappa shape index (κ2) is 13.1. The molecule has 37 heavy (non-hydrogen) atoms. The maximum absolute atomic E-state index is 13.6. The van der Waals surface area contributed by atoms with Crippen LogP contribution < -0.4 is 16.0 Å². The number of halogens is 2. The molecular formula is C25H33ClFN7O2S. The maximum Gasteiger partial charge on any atom is 0.243 e. The normalized spacial score (nSPS) is 14.4. The first-order valence-electron chi connectivity index (χ1n) is 11.9. The van der Waals surface area contributed by atoms with E-state index in [1.54, 1.807) is 53.0 Å². The van der Waals surface area contributed by atoms with Gasteiger partial charge in [0.25, 0.3) is 0 Å². The molecule has 2 aromatic carbocycles. The SMILES string of the molecule is CN(C)CCN(C1CCNCC1)S(=O)(=O)c1ccc(Nc2nccc(Nc3ccc(F)cc3)n2)cc1.Cl. The minimum absolute atomic E-state index is 0. The molecule has 200 valence electrons. The minimum Gasteiger partial charge on any atom is -0.340 e. The summed E-state index contributed by atoms with van der Waals surface area (Å²) in [5.41, 5.74) is 1.36. The molecule has 0 spiro atoms. The van der Waals surface area contributed by atoms with Crippen LogP contribution in [0.15, 0.2) is 65.7 Å². The Morgan fingerprint density at radius 3 is 2.22 bits per heavy atom. The average Bonchev–Trinajstić information content (AvgIpc) is 2.86. The van der Waals surface area contributed by atoms with Gasteiger partial charge in [-0.25, -0.2) is 17.8 Å². The number of likely N-dealkylation sites (N-methyl/N-ethyl adjacent to an activating group) is 1. The van der Waals surface area contributed by atoms with E-state index in [-0.39, 0.29) is 29.2 Å². The highest BCUT2D eigenvalue weighted by molar-refractivity contribution is 7.89. The van der Waals surface area contributed by atoms with Gasteiger partial charge in [-0.3, -0.25) is 0 Å². The van der Waals surface area contributed by atoms with Gasteiger partial charge in [0.1, 0.15) is 11.6 Å². The van der Waals surface area contributed by atoms with Gasteiger partial charge in [-0.2, -0.15) is 9.29 Å². The van der Waals surface area contributed by atoms with Crippen LogP contribution in [0.25, 0.3) is 0 Å². The van der Waals surface area contributed by atoms with Gasteiger partial charge in [-0.15, -0.1) is 12.4 Å². The van der Waals surface area contributed by atoms with Crippen LogP contribution in [0.3, 0.4) is 0 Å². The van der Waals surface area contributed by atoms with Gasteiger partial charge in [0, 0.05) is 36.7 Å². The molecule has 9 nitrogen and oxygen atoms in total. The number of piperidine rings is 1. The monoisotopic (exact) mass is 549 g/mol. The topological polar surface area (TPSA) is 102 Å². The highest BCUT2D eigenvalue weighted by Crippen LogP contribution is 2.25. The molecule has 0 amide bonds. The van der Waals surface area contributed by atoms with Crippen molar-refractivity contribution in [3.63, 3.8) is 0 Å². The van der Waals surface area contributed by atoms with E-state index in [1.165, 1.54) is 12.1 Å². The Hall–Kier alpha value is -2.83. The van der Waals surface area contributed by atoms with Crippen molar-refractivity contribution in [3.05, 3.63) is 66.6 Å². The summed E-state index contributed by atoms with van der Waals surface area (Å²) in [5.74, 6) is 0.574. The van der Waals surface area contributed by atoms with Crippen LogP contribution in [0.5, 0.6) is 0 Å². The van der Waals surface area contributed by atoms with Crippen LogP contribution in [0.1, 0.15) is 12.8 Å². The largest absolute Gasteiger partial charge is 0.340 e. The summed E-state index contributed by atoms with van der Waals surface area (Å²) in [4.78, 5) is 10.9. The number of hydrogen-bond acceptors (Lipinski definition) is 8. The summed E-state index contributed by atoms with van der Waals surface area (Å²) in [6.07, 6.45) is 3.19. The third kappa shape index (κ3) is 7.83. The summed E-state index contributed by atoms with van der Waals surface area (Å²) in [7, 11) is 0.242. The molecule has 1 aliphatic rings. The smallest absolute Gasteiger partial charge is 0.243 e. The lowest BCUT2D eigenvalue weighted by molar-refractivity contribution is 0.240. The Bertz CT molecular complexity index is 1240. The standard InChI is InChI=1S/C25H32FN7O2S.ClH/c1-32(2)17-18-33(22-11-14-27-15-12-22)36(34,35)23-9-7-21(8-10-23)30-25-28-16-13-24(31-25)29-20-5-3-19(26)4-6-20;/h3-10,13,16,22,27H,11-12,14-15,17-18H2,1-2H3,(H2,28,29,30,31);1H. The van der Waals surface area contributed by atoms with Crippen molar-refractivity contribution < 1.29 is 12.8 Å². The van der Waals surface area contributed by atoms with E-state index in [0.29, 0.717) is 36.2 Å². The Morgan fingerprint density at radius 1 is 0.946 bits per heavy atom. The third-order valence-electron chi connectivity index (χ3n) is 5.97. The summed E-state index contributed by atoms with van der Waals surface area (Å²) in [6, 6.07) is 14.3. The molecule has 0 bridgehead atoms. The van der Waals surface area contributed by atoms with E-state index in [0.717, 1.165) is 25.9 Å². The predicted molar refractivity (Wildman–Crippen MR) is 147 cm³/mol. The van der Waals surface area contributed by atoms with Crippen molar-refractivity contribution in [2.75, 3.05) is 50.9 Å². The lowest BCUT2D eigenvalue weighted by Crippen LogP contribution is -2.48. The number of aromatic nitrogens is 2. The van der Waals surface area contributed by atoms with Crippen molar-refractivity contribution in [1.29, 1.82) is 0 Å². The van der Waals surface area contributed by atoms with E-state index >= 15 is 0 Å². The van der Waals surface area contributed by atoms with Crippen molar-refractivity contribution in [1.82, 2.24) is 24.5 Å². The third-order valence-corrected chi connectivity index (χ3v) is 7.94. The van der Waals surface area contributed by atoms with Gasteiger partial charge >= 0.3 is 0 Å². The minimum atomic E-state index is -3.65. The highest BCUT2D eigenvalue weighted by atomic mass is 35.5. The first-order valence-corrected chi connectivity index (χ1v) is 13.4. The Kier molecular flexibility index (Phi) is 10.2. The fraction of sp³-hybridized carbons (Fsp3) is 0.360. The zero-order chi connectivity index (χ0) is 25.5. The van der Waals surface area contributed by atoms with Crippen LogP contribution in [0.4, 0.5) is 27.5 Å². The number of rotatable bonds is 10. The zero-order valence-electron chi connectivity index (χ0n) is 20.9. The zero-order valence-corrected chi connectivity index (χ0v) is 22.5. The molecule has 3 aromatic rings. The molecule has 12 heteroatoms. The van der Waals surface area contributed by atoms with E-state index in [9.17, 15) is 12.8 Å². The van der Waals surface area contributed by atoms with Gasteiger partial charge in [0.2, 0.25) is 16.0 Å². The van der Waals surface area contributed by atoms with E-state index in [4.69, 9.17) is 0 Å². The number of nitrogens with one attached hydrogen (secondary N) is 3. The second-order valence-corrected chi connectivity index (χ2v) is 10.8. The fourth-order valence-electron chi connectivity index (χ4n) is 4.04. The molecule has 4 rings (SSSR count). The van der Waals surface area contributed by atoms with Crippen molar-refractivity contribution in [3.8, 4) is 0 Å². The number of anilines is 4. The van der Waals surface area contributed by atoms with E-state index < -0.39 is 10.0 Å². The Morgan fingerprint density at radius 2 is 1.57 bits per heavy atom. The fourth-order valence-corrected chi connectivity index (χ4v) is 5.71.